The average molecular weight is 615 g/mol. The zero-order valence-electron chi connectivity index (χ0n) is 27.3. The molecule has 0 amide bonds. The minimum absolute atomic E-state index is 0.0818. The molecular formula is C46H34N2. The van der Waals surface area contributed by atoms with E-state index in [4.69, 9.17) is 0 Å². The third-order valence-corrected chi connectivity index (χ3v) is 10.8. The monoisotopic (exact) mass is 614 g/mol. The van der Waals surface area contributed by atoms with E-state index >= 15 is 0 Å². The molecule has 0 saturated heterocycles. The third-order valence-electron chi connectivity index (χ3n) is 10.8. The van der Waals surface area contributed by atoms with Crippen molar-refractivity contribution in [2.45, 2.75) is 26.2 Å². The Morgan fingerprint density at radius 2 is 1.02 bits per heavy atom. The topological polar surface area (TPSA) is 9.86 Å². The number of rotatable bonds is 3. The Morgan fingerprint density at radius 3 is 1.85 bits per heavy atom. The van der Waals surface area contributed by atoms with E-state index in [9.17, 15) is 0 Å². The Kier molecular flexibility index (Phi) is 5.58. The van der Waals surface area contributed by atoms with Crippen LogP contribution in [0, 0.1) is 6.92 Å². The van der Waals surface area contributed by atoms with Crippen LogP contribution < -0.4 is 0 Å². The molecule has 48 heavy (non-hydrogen) atoms. The molecule has 1 aliphatic carbocycles. The highest BCUT2D eigenvalue weighted by molar-refractivity contribution is 6.14. The molecule has 0 saturated carbocycles. The van der Waals surface area contributed by atoms with Gasteiger partial charge in [0.15, 0.2) is 0 Å². The lowest BCUT2D eigenvalue weighted by Gasteiger charge is -2.21. The summed E-state index contributed by atoms with van der Waals surface area (Å²) in [6.07, 6.45) is 0. The predicted octanol–water partition coefficient (Wildman–Crippen LogP) is 12.2. The Morgan fingerprint density at radius 1 is 0.396 bits per heavy atom. The number of para-hydroxylation sites is 2. The zero-order valence-corrected chi connectivity index (χ0v) is 27.3. The Labute approximate surface area is 280 Å². The normalized spacial score (nSPS) is 13.5. The van der Waals surface area contributed by atoms with Gasteiger partial charge in [0.25, 0.3) is 0 Å². The van der Waals surface area contributed by atoms with Crippen LogP contribution in [0.4, 0.5) is 0 Å². The minimum atomic E-state index is -0.0818. The van der Waals surface area contributed by atoms with Gasteiger partial charge >= 0.3 is 0 Å². The van der Waals surface area contributed by atoms with E-state index in [0.29, 0.717) is 0 Å². The van der Waals surface area contributed by atoms with Crippen LogP contribution in [0.1, 0.15) is 30.5 Å². The van der Waals surface area contributed by atoms with Crippen molar-refractivity contribution in [1.29, 1.82) is 0 Å². The highest BCUT2D eigenvalue weighted by Gasteiger charge is 2.36. The Bertz CT molecular complexity index is 2740. The number of hydrogen-bond donors (Lipinski definition) is 0. The second-order valence-electron chi connectivity index (χ2n) is 13.9. The van der Waals surface area contributed by atoms with Crippen molar-refractivity contribution < 1.29 is 0 Å². The molecular weight excluding hydrogens is 581 g/mol. The molecule has 0 spiro atoms. The van der Waals surface area contributed by atoms with Gasteiger partial charge in [-0.1, -0.05) is 110 Å². The molecule has 0 aliphatic heterocycles. The van der Waals surface area contributed by atoms with E-state index in [-0.39, 0.29) is 5.41 Å². The van der Waals surface area contributed by atoms with Gasteiger partial charge in [0, 0.05) is 38.3 Å². The van der Waals surface area contributed by atoms with Crippen molar-refractivity contribution in [1.82, 2.24) is 9.13 Å². The number of aryl methyl sites for hydroxylation is 1. The maximum Gasteiger partial charge on any atom is 0.0544 e. The zero-order chi connectivity index (χ0) is 32.1. The van der Waals surface area contributed by atoms with Crippen molar-refractivity contribution in [3.63, 3.8) is 0 Å². The summed E-state index contributed by atoms with van der Waals surface area (Å²) in [7, 11) is 0. The van der Waals surface area contributed by atoms with E-state index in [1.165, 1.54) is 93.9 Å². The lowest BCUT2D eigenvalue weighted by molar-refractivity contribution is 0.661. The first kappa shape index (κ1) is 27.3. The maximum absolute atomic E-state index is 2.50. The van der Waals surface area contributed by atoms with E-state index in [1.807, 2.05) is 0 Å². The number of nitrogens with zero attached hydrogens (tertiary/aromatic N) is 2. The molecule has 0 unspecified atom stereocenters. The van der Waals surface area contributed by atoms with Gasteiger partial charge < -0.3 is 9.13 Å². The lowest BCUT2D eigenvalue weighted by atomic mass is 9.82. The summed E-state index contributed by atoms with van der Waals surface area (Å²) in [5.74, 6) is 0. The van der Waals surface area contributed by atoms with Crippen molar-refractivity contribution >= 4 is 43.6 Å². The molecule has 1 aliphatic rings. The van der Waals surface area contributed by atoms with Crippen LogP contribution in [0.2, 0.25) is 0 Å². The Balaban J connectivity index is 1.28. The fraction of sp³-hybridized carbons (Fsp3) is 0.0870. The lowest BCUT2D eigenvalue weighted by Crippen LogP contribution is -2.14. The van der Waals surface area contributed by atoms with Gasteiger partial charge in [0.1, 0.15) is 0 Å². The van der Waals surface area contributed by atoms with E-state index in [0.717, 1.165) is 0 Å². The van der Waals surface area contributed by atoms with Crippen LogP contribution in [0.25, 0.3) is 77.2 Å². The fourth-order valence-electron chi connectivity index (χ4n) is 8.37. The average Bonchev–Trinajstić information content (AvgIpc) is 3.71. The molecule has 0 radical (unpaired) electrons. The highest BCUT2D eigenvalue weighted by atomic mass is 15.0. The van der Waals surface area contributed by atoms with Crippen molar-refractivity contribution in [2.75, 3.05) is 0 Å². The van der Waals surface area contributed by atoms with Crippen LogP contribution in [0.5, 0.6) is 0 Å². The predicted molar refractivity (Wildman–Crippen MR) is 203 cm³/mol. The molecule has 0 fully saturated rings. The number of hydrogen-bond acceptors (Lipinski definition) is 0. The van der Waals surface area contributed by atoms with E-state index < -0.39 is 0 Å². The fourth-order valence-corrected chi connectivity index (χ4v) is 8.37. The van der Waals surface area contributed by atoms with Crippen LogP contribution in [-0.2, 0) is 5.41 Å². The molecule has 2 nitrogen and oxygen atoms in total. The van der Waals surface area contributed by atoms with E-state index in [1.54, 1.807) is 0 Å². The molecule has 9 aromatic rings. The van der Waals surface area contributed by atoms with Gasteiger partial charge in [0.2, 0.25) is 0 Å². The summed E-state index contributed by atoms with van der Waals surface area (Å²) < 4.78 is 4.89. The first-order valence-corrected chi connectivity index (χ1v) is 16.9. The quantitative estimate of drug-likeness (QED) is 0.187. The van der Waals surface area contributed by atoms with Gasteiger partial charge in [-0.25, -0.2) is 0 Å². The second kappa shape index (κ2) is 9.82. The summed E-state index contributed by atoms with van der Waals surface area (Å²) in [6.45, 7) is 6.89. The smallest absolute Gasteiger partial charge is 0.0544 e. The summed E-state index contributed by atoms with van der Waals surface area (Å²) in [5.41, 5.74) is 16.4. The number of fused-ring (bicyclic) bond motifs is 9. The second-order valence-corrected chi connectivity index (χ2v) is 13.9. The SMILES string of the molecule is Cc1ccc(-c2ccc3c(c2)c2cc4c(cc2n3-c2ccc3c(c2)c2ccccc2n3-c2ccccc2)C(C)(C)c2ccccc2-4)cc1. The number of benzene rings is 7. The van der Waals surface area contributed by atoms with Crippen LogP contribution in [-0.4, -0.2) is 9.13 Å². The van der Waals surface area contributed by atoms with Gasteiger partial charge in [-0.15, -0.1) is 0 Å². The Hall–Kier alpha value is -5.86. The summed E-state index contributed by atoms with van der Waals surface area (Å²) >= 11 is 0. The van der Waals surface area contributed by atoms with Gasteiger partial charge in [0.05, 0.1) is 22.1 Å². The van der Waals surface area contributed by atoms with Crippen LogP contribution >= 0.6 is 0 Å². The third kappa shape index (κ3) is 3.74. The number of aromatic nitrogens is 2. The van der Waals surface area contributed by atoms with Crippen molar-refractivity contribution in [3.05, 3.63) is 168 Å². The molecule has 2 heteroatoms. The van der Waals surface area contributed by atoms with Crippen LogP contribution in [0.15, 0.2) is 152 Å². The molecule has 2 aromatic heterocycles. The highest BCUT2D eigenvalue weighted by Crippen LogP contribution is 2.51. The molecule has 228 valence electrons. The maximum atomic E-state index is 2.50. The van der Waals surface area contributed by atoms with E-state index in [2.05, 4.69) is 182 Å². The van der Waals surface area contributed by atoms with Crippen LogP contribution in [0.3, 0.4) is 0 Å². The summed E-state index contributed by atoms with van der Waals surface area (Å²) in [6, 6.07) is 56.3. The molecule has 2 heterocycles. The summed E-state index contributed by atoms with van der Waals surface area (Å²) in [4.78, 5) is 0. The largest absolute Gasteiger partial charge is 0.309 e. The molecule has 0 atom stereocenters. The molecule has 10 rings (SSSR count). The standard InChI is InChI=1S/C46H34N2/c1-29-17-19-30(20-18-29)31-21-23-43-37(25-31)39-27-36-34-13-7-9-15-40(34)46(2,3)41(36)28-45(39)48(43)33-22-24-44-38(26-33)35-14-8-10-16-42(35)47(44)32-11-5-4-6-12-32/h4-28H,1-3H3. The molecule has 0 bridgehead atoms. The molecule has 0 N–H and O–H groups in total. The minimum Gasteiger partial charge on any atom is -0.309 e. The molecule has 7 aromatic carbocycles. The van der Waals surface area contributed by atoms with Crippen molar-refractivity contribution in [2.24, 2.45) is 0 Å². The van der Waals surface area contributed by atoms with Gasteiger partial charge in [-0.2, -0.15) is 0 Å². The van der Waals surface area contributed by atoms with Gasteiger partial charge in [-0.3, -0.25) is 0 Å². The van der Waals surface area contributed by atoms with Crippen molar-refractivity contribution in [3.8, 4) is 33.6 Å². The first-order valence-electron chi connectivity index (χ1n) is 16.9. The first-order chi connectivity index (χ1) is 23.5. The summed E-state index contributed by atoms with van der Waals surface area (Å²) in [5, 5.41) is 5.09. The van der Waals surface area contributed by atoms with Gasteiger partial charge in [-0.05, 0) is 101 Å².